The Labute approximate surface area is 172 Å². The smallest absolute Gasteiger partial charge is 0.255 e. The van der Waals surface area contributed by atoms with E-state index in [0.717, 1.165) is 5.69 Å². The SMILES string of the molecule is COc1cc(OC)cc(C(=O)Nc2ccc(N(C)C)c(C(=O)NCC(C)C)c2)c1. The van der Waals surface area contributed by atoms with Crippen molar-refractivity contribution in [3.63, 3.8) is 0 Å². The van der Waals surface area contributed by atoms with Crippen LogP contribution in [-0.2, 0) is 0 Å². The molecule has 29 heavy (non-hydrogen) atoms. The van der Waals surface area contributed by atoms with Gasteiger partial charge < -0.3 is 25.0 Å². The highest BCUT2D eigenvalue weighted by molar-refractivity contribution is 6.06. The van der Waals surface area contributed by atoms with Gasteiger partial charge in [-0.1, -0.05) is 13.8 Å². The molecule has 0 aliphatic carbocycles. The van der Waals surface area contributed by atoms with E-state index in [-0.39, 0.29) is 11.8 Å². The first kappa shape index (κ1) is 22.1. The highest BCUT2D eigenvalue weighted by Gasteiger charge is 2.16. The zero-order valence-electron chi connectivity index (χ0n) is 17.8. The van der Waals surface area contributed by atoms with Gasteiger partial charge in [-0.05, 0) is 36.2 Å². The summed E-state index contributed by atoms with van der Waals surface area (Å²) >= 11 is 0. The lowest BCUT2D eigenvalue weighted by molar-refractivity contribution is 0.0948. The predicted molar refractivity (Wildman–Crippen MR) is 115 cm³/mol. The molecule has 2 aromatic rings. The number of carbonyl (C=O) groups is 2. The molecule has 0 saturated heterocycles. The van der Waals surface area contributed by atoms with Gasteiger partial charge in [0.15, 0.2) is 0 Å². The number of amides is 2. The molecule has 0 atom stereocenters. The van der Waals surface area contributed by atoms with Crippen molar-refractivity contribution in [3.05, 3.63) is 47.5 Å². The molecule has 0 aliphatic rings. The van der Waals surface area contributed by atoms with Crippen LogP contribution in [0, 0.1) is 5.92 Å². The zero-order valence-corrected chi connectivity index (χ0v) is 17.8. The van der Waals surface area contributed by atoms with Crippen LogP contribution in [0.3, 0.4) is 0 Å². The summed E-state index contributed by atoms with van der Waals surface area (Å²) in [5.74, 6) is 0.875. The van der Waals surface area contributed by atoms with E-state index in [4.69, 9.17) is 9.47 Å². The second-order valence-electron chi connectivity index (χ2n) is 7.29. The maximum absolute atomic E-state index is 12.7. The average Bonchev–Trinajstić information content (AvgIpc) is 2.71. The van der Waals surface area contributed by atoms with Gasteiger partial charge in [-0.25, -0.2) is 0 Å². The molecule has 0 heterocycles. The van der Waals surface area contributed by atoms with E-state index in [0.29, 0.717) is 40.8 Å². The summed E-state index contributed by atoms with van der Waals surface area (Å²) in [6, 6.07) is 10.2. The number of nitrogens with zero attached hydrogens (tertiary/aromatic N) is 1. The molecule has 0 spiro atoms. The van der Waals surface area contributed by atoms with Gasteiger partial charge in [-0.2, -0.15) is 0 Å². The summed E-state index contributed by atoms with van der Waals surface area (Å²) < 4.78 is 10.4. The Bertz CT molecular complexity index is 856. The molecule has 0 saturated carbocycles. The van der Waals surface area contributed by atoms with Gasteiger partial charge in [0, 0.05) is 43.6 Å². The summed E-state index contributed by atoms with van der Waals surface area (Å²) in [5.41, 5.74) is 2.18. The third-order valence-corrected chi connectivity index (χ3v) is 4.27. The van der Waals surface area contributed by atoms with Crippen LogP contribution in [0.1, 0.15) is 34.6 Å². The Morgan fingerprint density at radius 2 is 1.59 bits per heavy atom. The minimum absolute atomic E-state index is 0.179. The molecule has 156 valence electrons. The second-order valence-corrected chi connectivity index (χ2v) is 7.29. The minimum Gasteiger partial charge on any atom is -0.497 e. The lowest BCUT2D eigenvalue weighted by Gasteiger charge is -2.19. The largest absolute Gasteiger partial charge is 0.497 e. The number of anilines is 2. The summed E-state index contributed by atoms with van der Waals surface area (Å²) in [6.45, 7) is 4.64. The molecule has 2 N–H and O–H groups in total. The van der Waals surface area contributed by atoms with Gasteiger partial charge in [0.25, 0.3) is 11.8 Å². The van der Waals surface area contributed by atoms with Crippen LogP contribution in [0.25, 0.3) is 0 Å². The average molecular weight is 399 g/mol. The van der Waals surface area contributed by atoms with Crippen molar-refractivity contribution < 1.29 is 19.1 Å². The number of carbonyl (C=O) groups excluding carboxylic acids is 2. The van der Waals surface area contributed by atoms with E-state index in [1.807, 2.05) is 38.9 Å². The van der Waals surface area contributed by atoms with E-state index in [2.05, 4.69) is 10.6 Å². The van der Waals surface area contributed by atoms with Crippen molar-refractivity contribution in [3.8, 4) is 11.5 Å². The molecule has 2 amide bonds. The van der Waals surface area contributed by atoms with Gasteiger partial charge in [0.05, 0.1) is 19.8 Å². The van der Waals surface area contributed by atoms with Crippen LogP contribution >= 0.6 is 0 Å². The molecule has 0 aliphatic heterocycles. The van der Waals surface area contributed by atoms with Gasteiger partial charge in [-0.15, -0.1) is 0 Å². The number of methoxy groups -OCH3 is 2. The van der Waals surface area contributed by atoms with Gasteiger partial charge in [0.2, 0.25) is 0 Å². The number of hydrogen-bond donors (Lipinski definition) is 2. The Morgan fingerprint density at radius 3 is 2.10 bits per heavy atom. The lowest BCUT2D eigenvalue weighted by atomic mass is 10.1. The molecule has 2 rings (SSSR count). The molecule has 0 radical (unpaired) electrons. The lowest BCUT2D eigenvalue weighted by Crippen LogP contribution is -2.29. The van der Waals surface area contributed by atoms with Gasteiger partial charge >= 0.3 is 0 Å². The standard InChI is InChI=1S/C22H29N3O4/c1-14(2)13-23-22(27)19-11-16(7-8-20(19)25(3)4)24-21(26)15-9-17(28-5)12-18(10-15)29-6/h7-12,14H,13H2,1-6H3,(H,23,27)(H,24,26). The van der Waals surface area contributed by atoms with Crippen LogP contribution in [0.4, 0.5) is 11.4 Å². The molecule has 0 unspecified atom stereocenters. The first-order valence-corrected chi connectivity index (χ1v) is 9.39. The highest BCUT2D eigenvalue weighted by atomic mass is 16.5. The molecule has 0 fully saturated rings. The predicted octanol–water partition coefficient (Wildman–Crippen LogP) is 3.41. The molecule has 0 bridgehead atoms. The fraction of sp³-hybridized carbons (Fsp3) is 0.364. The fourth-order valence-corrected chi connectivity index (χ4v) is 2.72. The van der Waals surface area contributed by atoms with Crippen molar-refractivity contribution in [1.82, 2.24) is 5.32 Å². The number of benzene rings is 2. The Morgan fingerprint density at radius 1 is 0.966 bits per heavy atom. The van der Waals surface area contributed by atoms with Crippen molar-refractivity contribution in [2.24, 2.45) is 5.92 Å². The highest BCUT2D eigenvalue weighted by Crippen LogP contribution is 2.26. The Balaban J connectivity index is 2.30. The van der Waals surface area contributed by atoms with E-state index < -0.39 is 0 Å². The summed E-state index contributed by atoms with van der Waals surface area (Å²) in [5, 5.41) is 5.76. The first-order valence-electron chi connectivity index (χ1n) is 9.39. The Hall–Kier alpha value is -3.22. The molecule has 7 nitrogen and oxygen atoms in total. The van der Waals surface area contributed by atoms with Crippen LogP contribution in [0.15, 0.2) is 36.4 Å². The minimum atomic E-state index is -0.326. The van der Waals surface area contributed by atoms with E-state index in [1.54, 1.807) is 30.3 Å². The molecule has 7 heteroatoms. The third-order valence-electron chi connectivity index (χ3n) is 4.27. The van der Waals surface area contributed by atoms with Crippen molar-refractivity contribution in [1.29, 1.82) is 0 Å². The van der Waals surface area contributed by atoms with Crippen molar-refractivity contribution >= 4 is 23.2 Å². The van der Waals surface area contributed by atoms with Gasteiger partial charge in [-0.3, -0.25) is 9.59 Å². The molecule has 0 aromatic heterocycles. The number of rotatable bonds is 8. The topological polar surface area (TPSA) is 79.9 Å². The number of ether oxygens (including phenoxy) is 2. The number of nitrogens with one attached hydrogen (secondary N) is 2. The maximum Gasteiger partial charge on any atom is 0.255 e. The molecular weight excluding hydrogens is 370 g/mol. The quantitative estimate of drug-likeness (QED) is 0.711. The maximum atomic E-state index is 12.7. The number of hydrogen-bond acceptors (Lipinski definition) is 5. The third kappa shape index (κ3) is 5.88. The van der Waals surface area contributed by atoms with Crippen LogP contribution < -0.4 is 25.0 Å². The van der Waals surface area contributed by atoms with Crippen molar-refractivity contribution in [2.75, 3.05) is 45.1 Å². The van der Waals surface area contributed by atoms with Gasteiger partial charge in [0.1, 0.15) is 11.5 Å². The second kappa shape index (κ2) is 9.82. The van der Waals surface area contributed by atoms with Crippen LogP contribution in [0.5, 0.6) is 11.5 Å². The zero-order chi connectivity index (χ0) is 21.6. The van der Waals surface area contributed by atoms with Crippen molar-refractivity contribution in [2.45, 2.75) is 13.8 Å². The van der Waals surface area contributed by atoms with Crippen LogP contribution in [0.2, 0.25) is 0 Å². The first-order chi connectivity index (χ1) is 13.7. The molecule has 2 aromatic carbocycles. The summed E-state index contributed by atoms with van der Waals surface area (Å²) in [4.78, 5) is 27.3. The van der Waals surface area contributed by atoms with E-state index in [9.17, 15) is 9.59 Å². The van der Waals surface area contributed by atoms with E-state index in [1.165, 1.54) is 14.2 Å². The summed E-state index contributed by atoms with van der Waals surface area (Å²) in [7, 11) is 6.79. The van der Waals surface area contributed by atoms with Crippen LogP contribution in [-0.4, -0.2) is 46.7 Å². The fourth-order valence-electron chi connectivity index (χ4n) is 2.72. The monoisotopic (exact) mass is 399 g/mol. The molecular formula is C22H29N3O4. The normalized spacial score (nSPS) is 10.4. The van der Waals surface area contributed by atoms with E-state index >= 15 is 0 Å². The summed E-state index contributed by atoms with van der Waals surface area (Å²) in [6.07, 6.45) is 0. The Kier molecular flexibility index (Phi) is 7.47.